The SMILES string of the molecule is CC(C)=CCC[C@](C)(O)[C@@H]1CC[C@]2(C)[C@@H]1[C@H](O)C[C@H]1[C@@]3(C)CC[C@H](O)C(C)(C)[C@@H]3[C@@H](O[C@@H]3O[C@H](CO)[C@@H](O)[C@H](O)[C@H]3O[C@@H]3O[C@@H](C)[C@H](O)[C@@H](O)[C@H]3O)C[C@]12C. The van der Waals surface area contributed by atoms with Crippen LogP contribution in [0.5, 0.6) is 0 Å². The van der Waals surface area contributed by atoms with E-state index in [9.17, 15) is 46.0 Å². The van der Waals surface area contributed by atoms with Gasteiger partial charge < -0.3 is 64.9 Å². The summed E-state index contributed by atoms with van der Waals surface area (Å²) in [6.45, 7) is 17.8. The molecule has 21 atom stereocenters. The molecule has 6 fully saturated rings. The van der Waals surface area contributed by atoms with Gasteiger partial charge in [0.15, 0.2) is 12.6 Å². The van der Waals surface area contributed by atoms with Gasteiger partial charge in [0.25, 0.3) is 0 Å². The van der Waals surface area contributed by atoms with Gasteiger partial charge in [-0.1, -0.05) is 46.3 Å². The van der Waals surface area contributed by atoms with E-state index in [4.69, 9.17) is 18.9 Å². The first kappa shape index (κ1) is 43.8. The molecule has 4 saturated carbocycles. The molecule has 13 nitrogen and oxygen atoms in total. The number of fused-ring (bicyclic) bond motifs is 5. The van der Waals surface area contributed by atoms with Gasteiger partial charge in [0.05, 0.1) is 36.6 Å². The van der Waals surface area contributed by atoms with E-state index in [1.54, 1.807) is 0 Å². The van der Waals surface area contributed by atoms with Crippen molar-refractivity contribution in [1.82, 2.24) is 0 Å². The second-order valence-electron chi connectivity index (χ2n) is 20.3. The average molecular weight is 785 g/mol. The normalized spacial score (nSPS) is 53.4. The summed E-state index contributed by atoms with van der Waals surface area (Å²) in [5.41, 5.74) is -1.71. The minimum Gasteiger partial charge on any atom is -0.394 e. The Kier molecular flexibility index (Phi) is 12.2. The van der Waals surface area contributed by atoms with Crippen LogP contribution in [0.4, 0.5) is 0 Å². The summed E-state index contributed by atoms with van der Waals surface area (Å²) >= 11 is 0. The van der Waals surface area contributed by atoms with Crippen molar-refractivity contribution in [2.24, 2.45) is 45.3 Å². The molecular weight excluding hydrogens is 712 g/mol. The van der Waals surface area contributed by atoms with Crippen molar-refractivity contribution in [3.63, 3.8) is 0 Å². The Morgan fingerprint density at radius 1 is 0.818 bits per heavy atom. The zero-order chi connectivity index (χ0) is 40.8. The molecule has 9 N–H and O–H groups in total. The number of allylic oxidation sites excluding steroid dienone is 2. The number of aliphatic hydroxyl groups excluding tert-OH is 8. The molecular formula is C42H72O13. The van der Waals surface area contributed by atoms with E-state index in [0.29, 0.717) is 32.1 Å². The maximum absolute atomic E-state index is 12.3. The average Bonchev–Trinajstić information content (AvgIpc) is 3.49. The van der Waals surface area contributed by atoms with Crippen LogP contribution in [-0.2, 0) is 18.9 Å². The first-order chi connectivity index (χ1) is 25.5. The lowest BCUT2D eigenvalue weighted by atomic mass is 9.34. The monoisotopic (exact) mass is 784 g/mol. The lowest BCUT2D eigenvalue weighted by Gasteiger charge is -2.72. The Balaban J connectivity index is 1.38. The highest BCUT2D eigenvalue weighted by molar-refractivity contribution is 5.22. The molecule has 318 valence electrons. The lowest BCUT2D eigenvalue weighted by Crippen LogP contribution is -2.71. The van der Waals surface area contributed by atoms with E-state index >= 15 is 0 Å². The van der Waals surface area contributed by atoms with Crippen molar-refractivity contribution in [1.29, 1.82) is 0 Å². The van der Waals surface area contributed by atoms with E-state index < -0.39 is 114 Å². The van der Waals surface area contributed by atoms with Crippen molar-refractivity contribution < 1.29 is 64.9 Å². The molecule has 6 rings (SSSR count). The predicted octanol–water partition coefficient (Wildman–Crippen LogP) is 2.15. The van der Waals surface area contributed by atoms with Gasteiger partial charge in [0.2, 0.25) is 0 Å². The van der Waals surface area contributed by atoms with Crippen LogP contribution in [0.25, 0.3) is 0 Å². The van der Waals surface area contributed by atoms with Crippen molar-refractivity contribution in [2.75, 3.05) is 6.61 Å². The summed E-state index contributed by atoms with van der Waals surface area (Å²) in [5, 5.41) is 100. The number of hydrogen-bond acceptors (Lipinski definition) is 13. The summed E-state index contributed by atoms with van der Waals surface area (Å²) in [5.74, 6) is -0.526. The Bertz CT molecular complexity index is 1390. The quantitative estimate of drug-likeness (QED) is 0.121. The maximum atomic E-state index is 12.3. The van der Waals surface area contributed by atoms with E-state index in [-0.39, 0.29) is 23.7 Å². The lowest BCUT2D eigenvalue weighted by molar-refractivity contribution is -0.382. The second-order valence-corrected chi connectivity index (χ2v) is 20.3. The fourth-order valence-corrected chi connectivity index (χ4v) is 13.3. The molecule has 6 aliphatic rings. The van der Waals surface area contributed by atoms with Gasteiger partial charge in [0.1, 0.15) is 42.7 Å². The minimum absolute atomic E-state index is 0.0411. The first-order valence-electron chi connectivity index (χ1n) is 20.8. The summed E-state index contributed by atoms with van der Waals surface area (Å²) in [6.07, 6.45) is -8.99. The summed E-state index contributed by atoms with van der Waals surface area (Å²) < 4.78 is 25.1. The van der Waals surface area contributed by atoms with Gasteiger partial charge >= 0.3 is 0 Å². The predicted molar refractivity (Wildman–Crippen MR) is 201 cm³/mol. The largest absolute Gasteiger partial charge is 0.394 e. The molecule has 0 spiro atoms. The highest BCUT2D eigenvalue weighted by Crippen LogP contribution is 2.76. The molecule has 0 aromatic carbocycles. The van der Waals surface area contributed by atoms with Crippen molar-refractivity contribution in [3.8, 4) is 0 Å². The third kappa shape index (κ3) is 7.10. The Hall–Kier alpha value is -0.780. The van der Waals surface area contributed by atoms with Crippen molar-refractivity contribution in [2.45, 2.75) is 199 Å². The summed E-state index contributed by atoms with van der Waals surface area (Å²) in [6, 6.07) is 0. The van der Waals surface area contributed by atoms with Crippen LogP contribution in [0.2, 0.25) is 0 Å². The summed E-state index contributed by atoms with van der Waals surface area (Å²) in [4.78, 5) is 0. The Morgan fingerprint density at radius 2 is 1.49 bits per heavy atom. The molecule has 0 amide bonds. The molecule has 0 bridgehead atoms. The fraction of sp³-hybridized carbons (Fsp3) is 0.952. The molecule has 0 aromatic heterocycles. The van der Waals surface area contributed by atoms with E-state index in [2.05, 4.69) is 40.7 Å². The molecule has 55 heavy (non-hydrogen) atoms. The fourth-order valence-electron chi connectivity index (χ4n) is 13.3. The second kappa shape index (κ2) is 15.4. The smallest absolute Gasteiger partial charge is 0.187 e. The molecule has 2 aliphatic heterocycles. The molecule has 0 aromatic rings. The van der Waals surface area contributed by atoms with Crippen LogP contribution in [0.15, 0.2) is 11.6 Å². The molecule has 0 unspecified atom stereocenters. The van der Waals surface area contributed by atoms with Crippen molar-refractivity contribution >= 4 is 0 Å². The molecule has 4 aliphatic carbocycles. The number of aliphatic hydroxyl groups is 9. The topological polar surface area (TPSA) is 219 Å². The number of rotatable bonds is 9. The number of hydrogen-bond donors (Lipinski definition) is 9. The highest BCUT2D eigenvalue weighted by Gasteiger charge is 2.73. The van der Waals surface area contributed by atoms with Gasteiger partial charge in [-0.05, 0) is 124 Å². The minimum atomic E-state index is -1.70. The maximum Gasteiger partial charge on any atom is 0.187 e. The van der Waals surface area contributed by atoms with Gasteiger partial charge in [0, 0.05) is 0 Å². The van der Waals surface area contributed by atoms with Gasteiger partial charge in [-0.3, -0.25) is 0 Å². The Morgan fingerprint density at radius 3 is 2.13 bits per heavy atom. The van der Waals surface area contributed by atoms with Gasteiger partial charge in [-0.25, -0.2) is 0 Å². The Labute approximate surface area is 327 Å². The van der Waals surface area contributed by atoms with Crippen LogP contribution in [0.1, 0.15) is 114 Å². The third-order valence-corrected chi connectivity index (χ3v) is 16.5. The van der Waals surface area contributed by atoms with Gasteiger partial charge in [-0.2, -0.15) is 0 Å². The van der Waals surface area contributed by atoms with E-state index in [1.165, 1.54) is 12.5 Å². The third-order valence-electron chi connectivity index (χ3n) is 16.5. The zero-order valence-electron chi connectivity index (χ0n) is 34.4. The number of ether oxygens (including phenoxy) is 4. The molecule has 13 heteroatoms. The first-order valence-corrected chi connectivity index (χ1v) is 20.8. The molecule has 2 saturated heterocycles. The standard InChI is InChI=1S/C42H72O13/c1-20(2)11-10-14-42(9,51)22-12-16-40(7)28(22)23(44)17-26-39(6)15-13-27(45)38(4,5)35(39)24(18-41(26,40)8)53-37-34(32(49)30(47)25(19-43)54-37)55-36-33(50)31(48)29(46)21(3)52-36/h11,21-37,43-51H,10,12-19H2,1-9H3/t21-,22+,23+,24-,25+,26-,27-,28-,29-,30+,31+,32-,33+,34+,35-,36-,37+,39+,40+,41+,42-/m0/s1. The van der Waals surface area contributed by atoms with Gasteiger partial charge in [-0.15, -0.1) is 0 Å². The van der Waals surface area contributed by atoms with Crippen LogP contribution < -0.4 is 0 Å². The van der Waals surface area contributed by atoms with Crippen LogP contribution in [-0.4, -0.2) is 138 Å². The van der Waals surface area contributed by atoms with Crippen molar-refractivity contribution in [3.05, 3.63) is 11.6 Å². The van der Waals surface area contributed by atoms with Crippen LogP contribution >= 0.6 is 0 Å². The molecule has 2 heterocycles. The van der Waals surface area contributed by atoms with Crippen LogP contribution in [0, 0.1) is 45.3 Å². The van der Waals surface area contributed by atoms with Crippen LogP contribution in [0.3, 0.4) is 0 Å². The highest BCUT2D eigenvalue weighted by atomic mass is 16.8. The summed E-state index contributed by atoms with van der Waals surface area (Å²) in [7, 11) is 0. The molecule has 0 radical (unpaired) electrons. The van der Waals surface area contributed by atoms with E-state index in [1.807, 2.05) is 20.8 Å². The zero-order valence-corrected chi connectivity index (χ0v) is 34.4. The van der Waals surface area contributed by atoms with E-state index in [0.717, 1.165) is 19.3 Å².